The Labute approximate surface area is 116 Å². The number of hydrogen-bond acceptors (Lipinski definition) is 1. The first kappa shape index (κ1) is 15.4. The molecule has 102 valence electrons. The van der Waals surface area contributed by atoms with Crippen LogP contribution in [0.2, 0.25) is 0 Å². The van der Waals surface area contributed by atoms with Crippen LogP contribution in [0, 0.1) is 5.92 Å². The van der Waals surface area contributed by atoms with Crippen LogP contribution in [-0.2, 0) is 6.42 Å². The largest absolute Gasteiger partial charge is 0.497 e. The van der Waals surface area contributed by atoms with Gasteiger partial charge < -0.3 is 4.74 Å². The molecule has 18 heavy (non-hydrogen) atoms. The minimum absolute atomic E-state index is 0.593. The summed E-state index contributed by atoms with van der Waals surface area (Å²) in [6.07, 6.45) is 7.57. The molecule has 0 saturated heterocycles. The predicted octanol–water partition coefficient (Wildman–Crippen LogP) is 5.06. The van der Waals surface area contributed by atoms with Gasteiger partial charge in [-0.3, -0.25) is 0 Å². The van der Waals surface area contributed by atoms with E-state index in [0.717, 1.165) is 18.1 Å². The Morgan fingerprint density at radius 2 is 2.06 bits per heavy atom. The monoisotopic (exact) mass is 268 g/mol. The molecular formula is C16H25ClO. The quantitative estimate of drug-likeness (QED) is 0.449. The lowest BCUT2D eigenvalue weighted by Crippen LogP contribution is -2.06. The maximum atomic E-state index is 6.07. The smallest absolute Gasteiger partial charge is 0.119 e. The first-order valence-corrected chi connectivity index (χ1v) is 7.52. The molecule has 1 unspecified atom stereocenters. The zero-order valence-electron chi connectivity index (χ0n) is 11.6. The van der Waals surface area contributed by atoms with E-state index in [9.17, 15) is 0 Å². The lowest BCUT2D eigenvalue weighted by molar-refractivity contribution is 0.413. The Morgan fingerprint density at radius 3 is 2.72 bits per heavy atom. The molecule has 0 amide bonds. The molecule has 1 atom stereocenters. The van der Waals surface area contributed by atoms with Gasteiger partial charge in [-0.05, 0) is 36.5 Å². The lowest BCUT2D eigenvalue weighted by atomic mass is 9.95. The van der Waals surface area contributed by atoms with Crippen molar-refractivity contribution < 1.29 is 4.74 Å². The van der Waals surface area contributed by atoms with Gasteiger partial charge in [0.25, 0.3) is 0 Å². The molecule has 1 aromatic carbocycles. The van der Waals surface area contributed by atoms with Gasteiger partial charge in [-0.25, -0.2) is 0 Å². The van der Waals surface area contributed by atoms with Gasteiger partial charge in [0.1, 0.15) is 5.75 Å². The summed E-state index contributed by atoms with van der Waals surface area (Å²) < 4.78 is 5.25. The highest BCUT2D eigenvalue weighted by Crippen LogP contribution is 2.20. The Bertz CT molecular complexity index is 325. The molecule has 2 heteroatoms. The van der Waals surface area contributed by atoms with Gasteiger partial charge in [-0.1, -0.05) is 44.7 Å². The van der Waals surface area contributed by atoms with E-state index in [4.69, 9.17) is 16.3 Å². The third-order valence-corrected chi connectivity index (χ3v) is 3.78. The molecule has 0 heterocycles. The number of alkyl halides is 1. The second-order valence-electron chi connectivity index (χ2n) is 4.93. The number of methoxy groups -OCH3 is 1. The molecule has 0 aliphatic heterocycles. The SMILES string of the molecule is CCCCCCC(CCl)Cc1cccc(OC)c1. The van der Waals surface area contributed by atoms with Crippen LogP contribution in [-0.4, -0.2) is 13.0 Å². The van der Waals surface area contributed by atoms with Gasteiger partial charge in [0, 0.05) is 5.88 Å². The first-order valence-electron chi connectivity index (χ1n) is 6.99. The first-order chi connectivity index (χ1) is 8.80. The molecule has 0 saturated carbocycles. The number of ether oxygens (including phenoxy) is 1. The molecular weight excluding hydrogens is 244 g/mol. The Balaban J connectivity index is 2.41. The van der Waals surface area contributed by atoms with Crippen molar-refractivity contribution in [3.05, 3.63) is 29.8 Å². The zero-order chi connectivity index (χ0) is 13.2. The van der Waals surface area contributed by atoms with Crippen molar-refractivity contribution in [2.75, 3.05) is 13.0 Å². The summed E-state index contributed by atoms with van der Waals surface area (Å²) in [5.74, 6) is 2.28. The second kappa shape index (κ2) is 9.27. The highest BCUT2D eigenvalue weighted by Gasteiger charge is 2.09. The Morgan fingerprint density at radius 1 is 1.22 bits per heavy atom. The third kappa shape index (κ3) is 5.77. The maximum Gasteiger partial charge on any atom is 0.119 e. The van der Waals surface area contributed by atoms with Crippen molar-refractivity contribution >= 4 is 11.6 Å². The fourth-order valence-corrected chi connectivity index (χ4v) is 2.49. The van der Waals surface area contributed by atoms with Gasteiger partial charge in [0.2, 0.25) is 0 Å². The van der Waals surface area contributed by atoms with Crippen LogP contribution in [0.15, 0.2) is 24.3 Å². The highest BCUT2D eigenvalue weighted by atomic mass is 35.5. The van der Waals surface area contributed by atoms with Gasteiger partial charge in [-0.15, -0.1) is 11.6 Å². The summed E-state index contributed by atoms with van der Waals surface area (Å²) in [6, 6.07) is 8.32. The number of hydrogen-bond donors (Lipinski definition) is 0. The van der Waals surface area contributed by atoms with E-state index in [1.54, 1.807) is 7.11 Å². The lowest BCUT2D eigenvalue weighted by Gasteiger charge is -2.14. The van der Waals surface area contributed by atoms with E-state index in [0.29, 0.717) is 5.92 Å². The van der Waals surface area contributed by atoms with Crippen LogP contribution < -0.4 is 4.74 Å². The third-order valence-electron chi connectivity index (χ3n) is 3.34. The molecule has 0 radical (unpaired) electrons. The van der Waals surface area contributed by atoms with Crippen LogP contribution in [0.1, 0.15) is 44.6 Å². The maximum absolute atomic E-state index is 6.07. The van der Waals surface area contributed by atoms with Gasteiger partial charge in [0.15, 0.2) is 0 Å². The second-order valence-corrected chi connectivity index (χ2v) is 5.23. The molecule has 0 aliphatic rings. The predicted molar refractivity (Wildman–Crippen MR) is 79.7 cm³/mol. The van der Waals surface area contributed by atoms with Crippen molar-refractivity contribution in [3.8, 4) is 5.75 Å². The highest BCUT2D eigenvalue weighted by molar-refractivity contribution is 6.18. The topological polar surface area (TPSA) is 9.23 Å². The van der Waals surface area contributed by atoms with E-state index >= 15 is 0 Å². The summed E-state index contributed by atoms with van der Waals surface area (Å²) in [4.78, 5) is 0. The minimum Gasteiger partial charge on any atom is -0.497 e. The summed E-state index contributed by atoms with van der Waals surface area (Å²) in [6.45, 7) is 2.25. The summed E-state index contributed by atoms with van der Waals surface area (Å²) in [5, 5.41) is 0. The number of benzene rings is 1. The van der Waals surface area contributed by atoms with E-state index in [1.165, 1.54) is 37.7 Å². The molecule has 0 fully saturated rings. The normalized spacial score (nSPS) is 12.4. The van der Waals surface area contributed by atoms with E-state index in [2.05, 4.69) is 25.1 Å². The Kier molecular flexibility index (Phi) is 7.91. The van der Waals surface area contributed by atoms with Gasteiger partial charge in [0.05, 0.1) is 7.11 Å². The average Bonchev–Trinajstić information content (AvgIpc) is 2.42. The van der Waals surface area contributed by atoms with Crippen molar-refractivity contribution in [2.45, 2.75) is 45.4 Å². The molecule has 0 aliphatic carbocycles. The fraction of sp³-hybridized carbons (Fsp3) is 0.625. The zero-order valence-corrected chi connectivity index (χ0v) is 12.4. The summed E-state index contributed by atoms with van der Waals surface area (Å²) in [5.41, 5.74) is 1.33. The minimum atomic E-state index is 0.593. The van der Waals surface area contributed by atoms with Crippen LogP contribution in [0.4, 0.5) is 0 Å². The molecule has 1 nitrogen and oxygen atoms in total. The van der Waals surface area contributed by atoms with Crippen molar-refractivity contribution in [1.29, 1.82) is 0 Å². The van der Waals surface area contributed by atoms with Crippen LogP contribution in [0.3, 0.4) is 0 Å². The van der Waals surface area contributed by atoms with Crippen LogP contribution in [0.5, 0.6) is 5.75 Å². The van der Waals surface area contributed by atoms with Crippen LogP contribution >= 0.6 is 11.6 Å². The molecule has 1 rings (SSSR count). The van der Waals surface area contributed by atoms with Gasteiger partial charge >= 0.3 is 0 Å². The van der Waals surface area contributed by atoms with Crippen LogP contribution in [0.25, 0.3) is 0 Å². The summed E-state index contributed by atoms with van der Waals surface area (Å²) >= 11 is 6.07. The van der Waals surface area contributed by atoms with Crippen molar-refractivity contribution in [1.82, 2.24) is 0 Å². The number of halogens is 1. The molecule has 1 aromatic rings. The molecule has 0 spiro atoms. The number of rotatable bonds is 9. The Hall–Kier alpha value is -0.690. The number of unbranched alkanes of at least 4 members (excludes halogenated alkanes) is 3. The molecule has 0 bridgehead atoms. The van der Waals surface area contributed by atoms with E-state index in [1.807, 2.05) is 6.07 Å². The summed E-state index contributed by atoms with van der Waals surface area (Å²) in [7, 11) is 1.71. The standard InChI is InChI=1S/C16H25ClO/c1-3-4-5-6-8-15(13-17)11-14-9-7-10-16(12-14)18-2/h7,9-10,12,15H,3-6,8,11,13H2,1-2H3. The van der Waals surface area contributed by atoms with Crippen molar-refractivity contribution in [3.63, 3.8) is 0 Å². The molecule has 0 aromatic heterocycles. The molecule has 0 N–H and O–H groups in total. The van der Waals surface area contributed by atoms with Gasteiger partial charge in [-0.2, -0.15) is 0 Å². The van der Waals surface area contributed by atoms with E-state index in [-0.39, 0.29) is 0 Å². The van der Waals surface area contributed by atoms with Crippen molar-refractivity contribution in [2.24, 2.45) is 5.92 Å². The van der Waals surface area contributed by atoms with E-state index < -0.39 is 0 Å². The fourth-order valence-electron chi connectivity index (χ4n) is 2.23. The average molecular weight is 269 g/mol.